The summed E-state index contributed by atoms with van der Waals surface area (Å²) in [5.74, 6) is 0.0190. The van der Waals surface area contributed by atoms with E-state index in [0.717, 1.165) is 19.4 Å². The number of nitrogens with zero attached hydrogens (tertiary/aromatic N) is 2. The second kappa shape index (κ2) is 7.90. The summed E-state index contributed by atoms with van der Waals surface area (Å²) in [7, 11) is 4.04. The smallest absolute Gasteiger partial charge is 0.234 e. The second-order valence-electron chi connectivity index (χ2n) is 7.01. The van der Waals surface area contributed by atoms with Gasteiger partial charge in [0.05, 0.1) is 18.2 Å². The van der Waals surface area contributed by atoms with Crippen LogP contribution in [0.25, 0.3) is 0 Å². The molecule has 1 aromatic rings. The molecule has 0 aromatic heterocycles. The van der Waals surface area contributed by atoms with Crippen LogP contribution in [0.5, 0.6) is 0 Å². The van der Waals surface area contributed by atoms with Gasteiger partial charge < -0.3 is 15.3 Å². The SMILES string of the molecule is CN(C)[C@H](CNC(=O)CN1CCC[C@@](C)(O)C1)c1ccccc1. The third kappa shape index (κ3) is 5.61. The van der Waals surface area contributed by atoms with Crippen LogP contribution >= 0.6 is 0 Å². The monoisotopic (exact) mass is 319 g/mol. The van der Waals surface area contributed by atoms with E-state index in [1.165, 1.54) is 5.56 Å². The van der Waals surface area contributed by atoms with Crippen molar-refractivity contribution in [3.63, 3.8) is 0 Å². The van der Waals surface area contributed by atoms with Crippen LogP contribution in [-0.2, 0) is 4.79 Å². The van der Waals surface area contributed by atoms with Gasteiger partial charge in [0.2, 0.25) is 5.91 Å². The lowest BCUT2D eigenvalue weighted by Gasteiger charge is -2.36. The summed E-state index contributed by atoms with van der Waals surface area (Å²) in [6, 6.07) is 10.4. The molecule has 2 rings (SSSR count). The van der Waals surface area contributed by atoms with Gasteiger partial charge in [-0.25, -0.2) is 0 Å². The zero-order valence-electron chi connectivity index (χ0n) is 14.5. The van der Waals surface area contributed by atoms with Crippen molar-refractivity contribution in [2.45, 2.75) is 31.4 Å². The number of nitrogens with one attached hydrogen (secondary N) is 1. The van der Waals surface area contributed by atoms with E-state index in [1.807, 2.05) is 44.1 Å². The molecular weight excluding hydrogens is 290 g/mol. The van der Waals surface area contributed by atoms with Crippen molar-refractivity contribution in [3.05, 3.63) is 35.9 Å². The Kier molecular flexibility index (Phi) is 6.16. The maximum Gasteiger partial charge on any atom is 0.234 e. The molecular formula is C18H29N3O2. The number of hydrogen-bond acceptors (Lipinski definition) is 4. The van der Waals surface area contributed by atoms with Gasteiger partial charge >= 0.3 is 0 Å². The van der Waals surface area contributed by atoms with Gasteiger partial charge in [-0.1, -0.05) is 30.3 Å². The number of carbonyl (C=O) groups is 1. The highest BCUT2D eigenvalue weighted by atomic mass is 16.3. The van der Waals surface area contributed by atoms with Crippen molar-refractivity contribution in [2.75, 3.05) is 40.3 Å². The zero-order chi connectivity index (χ0) is 16.9. The molecule has 1 fully saturated rings. The van der Waals surface area contributed by atoms with E-state index in [-0.39, 0.29) is 11.9 Å². The van der Waals surface area contributed by atoms with Crippen molar-refractivity contribution >= 4 is 5.91 Å². The minimum atomic E-state index is -0.672. The average molecular weight is 319 g/mol. The fourth-order valence-corrected chi connectivity index (χ4v) is 3.20. The number of carbonyl (C=O) groups excluding carboxylic acids is 1. The number of rotatable bonds is 6. The van der Waals surface area contributed by atoms with E-state index in [4.69, 9.17) is 0 Å². The summed E-state index contributed by atoms with van der Waals surface area (Å²) in [5.41, 5.74) is 0.521. The summed E-state index contributed by atoms with van der Waals surface area (Å²) < 4.78 is 0. The predicted octanol–water partition coefficient (Wildman–Crippen LogP) is 1.25. The lowest BCUT2D eigenvalue weighted by molar-refractivity contribution is -0.124. The van der Waals surface area contributed by atoms with Crippen LogP contribution in [0.2, 0.25) is 0 Å². The molecule has 0 aliphatic carbocycles. The van der Waals surface area contributed by atoms with Gasteiger partial charge in [-0.2, -0.15) is 0 Å². The maximum absolute atomic E-state index is 12.2. The molecule has 1 aliphatic heterocycles. The Bertz CT molecular complexity index is 502. The molecule has 128 valence electrons. The molecule has 0 radical (unpaired) electrons. The van der Waals surface area contributed by atoms with E-state index < -0.39 is 5.60 Å². The summed E-state index contributed by atoms with van der Waals surface area (Å²) in [5, 5.41) is 13.2. The molecule has 0 spiro atoms. The molecule has 2 N–H and O–H groups in total. The normalized spacial score (nSPS) is 23.7. The predicted molar refractivity (Wildman–Crippen MR) is 92.2 cm³/mol. The number of amides is 1. The molecule has 5 nitrogen and oxygen atoms in total. The molecule has 1 aliphatic rings. The van der Waals surface area contributed by atoms with Crippen LogP contribution in [0.3, 0.4) is 0 Å². The molecule has 0 unspecified atom stereocenters. The minimum absolute atomic E-state index is 0.0190. The van der Waals surface area contributed by atoms with Crippen LogP contribution in [0.1, 0.15) is 31.4 Å². The molecule has 23 heavy (non-hydrogen) atoms. The number of hydrogen-bond donors (Lipinski definition) is 2. The van der Waals surface area contributed by atoms with E-state index in [2.05, 4.69) is 22.3 Å². The first kappa shape index (κ1) is 17.9. The number of likely N-dealkylation sites (tertiary alicyclic amines) is 1. The summed E-state index contributed by atoms with van der Waals surface area (Å²) in [4.78, 5) is 16.4. The van der Waals surface area contributed by atoms with Gasteiger partial charge in [-0.05, 0) is 46.0 Å². The van der Waals surface area contributed by atoms with Crippen molar-refractivity contribution < 1.29 is 9.90 Å². The molecule has 1 aromatic carbocycles. The Balaban J connectivity index is 1.85. The van der Waals surface area contributed by atoms with Crippen LogP contribution in [0, 0.1) is 0 Å². The fraction of sp³-hybridized carbons (Fsp3) is 0.611. The molecule has 0 bridgehead atoms. The first-order valence-corrected chi connectivity index (χ1v) is 8.30. The van der Waals surface area contributed by atoms with Crippen LogP contribution < -0.4 is 5.32 Å². The summed E-state index contributed by atoms with van der Waals surface area (Å²) in [6.45, 7) is 4.22. The van der Waals surface area contributed by atoms with Crippen molar-refractivity contribution in [2.24, 2.45) is 0 Å². The molecule has 1 saturated heterocycles. The average Bonchev–Trinajstić information content (AvgIpc) is 2.47. The Morgan fingerprint density at radius 3 is 2.70 bits per heavy atom. The number of aliphatic hydroxyl groups is 1. The van der Waals surface area contributed by atoms with E-state index >= 15 is 0 Å². The Hall–Kier alpha value is -1.43. The lowest BCUT2D eigenvalue weighted by Crippen LogP contribution is -2.49. The molecule has 1 heterocycles. The van der Waals surface area contributed by atoms with Gasteiger partial charge in [0.15, 0.2) is 0 Å². The zero-order valence-corrected chi connectivity index (χ0v) is 14.5. The van der Waals surface area contributed by atoms with E-state index in [0.29, 0.717) is 19.6 Å². The maximum atomic E-state index is 12.2. The Morgan fingerprint density at radius 2 is 2.09 bits per heavy atom. The van der Waals surface area contributed by atoms with Gasteiger partial charge in [0.25, 0.3) is 0 Å². The van der Waals surface area contributed by atoms with Crippen molar-refractivity contribution in [3.8, 4) is 0 Å². The summed E-state index contributed by atoms with van der Waals surface area (Å²) in [6.07, 6.45) is 1.74. The number of β-amino-alcohol motifs (C(OH)–C–C–N with tert-alkyl or cyclic N) is 1. The Labute approximate surface area is 139 Å². The minimum Gasteiger partial charge on any atom is -0.389 e. The third-order valence-electron chi connectivity index (χ3n) is 4.42. The fourth-order valence-electron chi connectivity index (χ4n) is 3.20. The van der Waals surface area contributed by atoms with Crippen LogP contribution in [0.15, 0.2) is 30.3 Å². The molecule has 1 amide bonds. The highest BCUT2D eigenvalue weighted by Crippen LogP contribution is 2.20. The molecule has 0 saturated carbocycles. The molecule has 5 heteroatoms. The first-order chi connectivity index (χ1) is 10.9. The standard InChI is InChI=1S/C18H29N3O2/c1-18(23)10-7-11-21(14-18)13-17(22)19-12-16(20(2)3)15-8-5-4-6-9-15/h4-6,8-9,16,23H,7,10-14H2,1-3H3,(H,19,22)/t16-,18-/m1/s1. The Morgan fingerprint density at radius 1 is 1.39 bits per heavy atom. The topological polar surface area (TPSA) is 55.8 Å². The number of benzene rings is 1. The number of likely N-dealkylation sites (N-methyl/N-ethyl adjacent to an activating group) is 1. The van der Waals surface area contributed by atoms with E-state index in [9.17, 15) is 9.90 Å². The van der Waals surface area contributed by atoms with Gasteiger partial charge in [-0.3, -0.25) is 9.69 Å². The van der Waals surface area contributed by atoms with Crippen molar-refractivity contribution in [1.29, 1.82) is 0 Å². The third-order valence-corrected chi connectivity index (χ3v) is 4.42. The quantitative estimate of drug-likeness (QED) is 0.829. The number of piperidine rings is 1. The van der Waals surface area contributed by atoms with Gasteiger partial charge in [0.1, 0.15) is 0 Å². The van der Waals surface area contributed by atoms with Gasteiger partial charge in [0, 0.05) is 13.1 Å². The lowest BCUT2D eigenvalue weighted by atomic mass is 9.95. The van der Waals surface area contributed by atoms with Crippen molar-refractivity contribution in [1.82, 2.24) is 15.1 Å². The second-order valence-corrected chi connectivity index (χ2v) is 7.01. The largest absolute Gasteiger partial charge is 0.389 e. The van der Waals surface area contributed by atoms with E-state index in [1.54, 1.807) is 0 Å². The molecule has 2 atom stereocenters. The van der Waals surface area contributed by atoms with Crippen LogP contribution in [-0.4, -0.2) is 66.7 Å². The first-order valence-electron chi connectivity index (χ1n) is 8.30. The highest BCUT2D eigenvalue weighted by Gasteiger charge is 2.29. The summed E-state index contributed by atoms with van der Waals surface area (Å²) >= 11 is 0. The van der Waals surface area contributed by atoms with Crippen LogP contribution in [0.4, 0.5) is 0 Å². The van der Waals surface area contributed by atoms with Gasteiger partial charge in [-0.15, -0.1) is 0 Å². The highest BCUT2D eigenvalue weighted by molar-refractivity contribution is 5.78.